The van der Waals surface area contributed by atoms with Crippen molar-refractivity contribution in [2.75, 3.05) is 5.32 Å². The van der Waals surface area contributed by atoms with Crippen molar-refractivity contribution in [3.63, 3.8) is 0 Å². The monoisotopic (exact) mass is 313 g/mol. The van der Waals surface area contributed by atoms with Crippen molar-refractivity contribution >= 4 is 11.4 Å². The molecule has 3 aromatic rings. The third kappa shape index (κ3) is 2.32. The van der Waals surface area contributed by atoms with Gasteiger partial charge in [0.15, 0.2) is 0 Å². The summed E-state index contributed by atoms with van der Waals surface area (Å²) in [7, 11) is 0. The van der Waals surface area contributed by atoms with Crippen LogP contribution in [0.3, 0.4) is 0 Å². The molecule has 0 saturated heterocycles. The van der Waals surface area contributed by atoms with Gasteiger partial charge in [0.25, 0.3) is 0 Å². The third-order valence-corrected chi connectivity index (χ3v) is 5.09. The maximum Gasteiger partial charge on any atom is 0.0389 e. The molecule has 1 nitrogen and oxygen atoms in total. The van der Waals surface area contributed by atoms with Gasteiger partial charge >= 0.3 is 0 Å². The van der Waals surface area contributed by atoms with E-state index in [0.717, 1.165) is 11.4 Å². The van der Waals surface area contributed by atoms with Crippen molar-refractivity contribution in [3.05, 3.63) is 82.9 Å². The Labute approximate surface area is 144 Å². The SMILES string of the molecule is Cc1cc(C)cc(Nc2ccc3c(c2)C(C)(C)c2ccccc2-3)c1. The number of hydrogen-bond acceptors (Lipinski definition) is 1. The maximum atomic E-state index is 3.58. The van der Waals surface area contributed by atoms with E-state index in [9.17, 15) is 0 Å². The Morgan fingerprint density at radius 1 is 0.667 bits per heavy atom. The zero-order valence-corrected chi connectivity index (χ0v) is 14.8. The highest BCUT2D eigenvalue weighted by atomic mass is 14.9. The first kappa shape index (κ1) is 15.0. The smallest absolute Gasteiger partial charge is 0.0389 e. The van der Waals surface area contributed by atoms with Crippen LogP contribution in [0.1, 0.15) is 36.1 Å². The molecule has 3 aromatic carbocycles. The molecule has 0 radical (unpaired) electrons. The van der Waals surface area contributed by atoms with Crippen LogP contribution in [-0.2, 0) is 5.41 Å². The minimum Gasteiger partial charge on any atom is -0.356 e. The Kier molecular flexibility index (Phi) is 3.28. The molecule has 0 spiro atoms. The molecule has 24 heavy (non-hydrogen) atoms. The Hall–Kier alpha value is -2.54. The summed E-state index contributed by atoms with van der Waals surface area (Å²) in [6.45, 7) is 8.91. The Bertz CT molecular complexity index is 914. The highest BCUT2D eigenvalue weighted by Gasteiger charge is 2.35. The van der Waals surface area contributed by atoms with Crippen molar-refractivity contribution in [2.24, 2.45) is 0 Å². The molecule has 0 aliphatic heterocycles. The van der Waals surface area contributed by atoms with E-state index in [2.05, 4.69) is 93.7 Å². The lowest BCUT2D eigenvalue weighted by molar-refractivity contribution is 0.660. The number of fused-ring (bicyclic) bond motifs is 3. The van der Waals surface area contributed by atoms with E-state index < -0.39 is 0 Å². The maximum absolute atomic E-state index is 3.58. The van der Waals surface area contributed by atoms with Gasteiger partial charge in [0, 0.05) is 16.8 Å². The van der Waals surface area contributed by atoms with Gasteiger partial charge in [-0.05, 0) is 71.5 Å². The van der Waals surface area contributed by atoms with Gasteiger partial charge in [-0.1, -0.05) is 50.2 Å². The van der Waals surface area contributed by atoms with Gasteiger partial charge in [0.05, 0.1) is 0 Å². The number of nitrogens with one attached hydrogen (secondary N) is 1. The Morgan fingerprint density at radius 2 is 1.33 bits per heavy atom. The second-order valence-corrected chi connectivity index (χ2v) is 7.43. The van der Waals surface area contributed by atoms with Crippen LogP contribution in [0.2, 0.25) is 0 Å². The summed E-state index contributed by atoms with van der Waals surface area (Å²) in [6.07, 6.45) is 0. The molecule has 0 saturated carbocycles. The van der Waals surface area contributed by atoms with E-state index >= 15 is 0 Å². The molecule has 0 aromatic heterocycles. The minimum atomic E-state index is 0.0478. The first-order valence-corrected chi connectivity index (χ1v) is 8.55. The van der Waals surface area contributed by atoms with Crippen LogP contribution in [0.15, 0.2) is 60.7 Å². The molecule has 0 heterocycles. The predicted octanol–water partition coefficient (Wildman–Crippen LogP) is 6.35. The first-order chi connectivity index (χ1) is 11.4. The van der Waals surface area contributed by atoms with Gasteiger partial charge in [0.2, 0.25) is 0 Å². The normalized spacial score (nSPS) is 14.2. The molecule has 0 amide bonds. The van der Waals surface area contributed by atoms with Gasteiger partial charge < -0.3 is 5.32 Å². The van der Waals surface area contributed by atoms with Gasteiger partial charge in [-0.2, -0.15) is 0 Å². The Morgan fingerprint density at radius 3 is 2.08 bits per heavy atom. The average molecular weight is 313 g/mol. The van der Waals surface area contributed by atoms with Gasteiger partial charge in [-0.3, -0.25) is 0 Å². The summed E-state index contributed by atoms with van der Waals surface area (Å²) in [5.41, 5.74) is 10.5. The van der Waals surface area contributed by atoms with E-state index in [1.807, 2.05) is 0 Å². The van der Waals surface area contributed by atoms with E-state index in [1.54, 1.807) is 0 Å². The standard InChI is InChI=1S/C23H23N/c1-15-11-16(2)13-18(12-15)24-17-9-10-20-19-7-5-6-8-21(19)23(3,4)22(20)14-17/h5-14,24H,1-4H3. The van der Waals surface area contributed by atoms with Crippen LogP contribution in [0.4, 0.5) is 11.4 Å². The van der Waals surface area contributed by atoms with E-state index in [-0.39, 0.29) is 5.41 Å². The van der Waals surface area contributed by atoms with Crippen LogP contribution < -0.4 is 5.32 Å². The number of hydrogen-bond donors (Lipinski definition) is 1. The molecule has 1 aliphatic rings. The lowest BCUT2D eigenvalue weighted by atomic mass is 9.82. The number of rotatable bonds is 2. The zero-order chi connectivity index (χ0) is 16.9. The van der Waals surface area contributed by atoms with Crippen molar-refractivity contribution in [2.45, 2.75) is 33.1 Å². The molecular formula is C23H23N. The highest BCUT2D eigenvalue weighted by molar-refractivity contribution is 5.82. The summed E-state index contributed by atoms with van der Waals surface area (Å²) in [4.78, 5) is 0. The minimum absolute atomic E-state index is 0.0478. The van der Waals surface area contributed by atoms with Crippen LogP contribution in [0.5, 0.6) is 0 Å². The lowest BCUT2D eigenvalue weighted by Crippen LogP contribution is -2.15. The molecule has 120 valence electrons. The second-order valence-electron chi connectivity index (χ2n) is 7.43. The van der Waals surface area contributed by atoms with Crippen LogP contribution >= 0.6 is 0 Å². The molecule has 0 unspecified atom stereocenters. The largest absolute Gasteiger partial charge is 0.356 e. The van der Waals surface area contributed by atoms with Crippen LogP contribution in [0, 0.1) is 13.8 Å². The molecule has 0 bridgehead atoms. The van der Waals surface area contributed by atoms with E-state index in [1.165, 1.54) is 33.4 Å². The molecular weight excluding hydrogens is 290 g/mol. The van der Waals surface area contributed by atoms with Crippen LogP contribution in [0.25, 0.3) is 11.1 Å². The van der Waals surface area contributed by atoms with Crippen molar-refractivity contribution < 1.29 is 0 Å². The summed E-state index contributed by atoms with van der Waals surface area (Å²) in [6, 6.07) is 22.1. The van der Waals surface area contributed by atoms with Crippen molar-refractivity contribution in [1.29, 1.82) is 0 Å². The summed E-state index contributed by atoms with van der Waals surface area (Å²) < 4.78 is 0. The Balaban J connectivity index is 1.76. The van der Waals surface area contributed by atoms with Crippen molar-refractivity contribution in [3.8, 4) is 11.1 Å². The predicted molar refractivity (Wildman–Crippen MR) is 103 cm³/mol. The quantitative estimate of drug-likeness (QED) is 0.581. The number of anilines is 2. The number of benzene rings is 3. The van der Waals surface area contributed by atoms with Gasteiger partial charge in [0.1, 0.15) is 0 Å². The lowest BCUT2D eigenvalue weighted by Gasteiger charge is -2.22. The highest BCUT2D eigenvalue weighted by Crippen LogP contribution is 2.49. The first-order valence-electron chi connectivity index (χ1n) is 8.55. The van der Waals surface area contributed by atoms with Crippen LogP contribution in [-0.4, -0.2) is 0 Å². The molecule has 1 aliphatic carbocycles. The molecule has 0 atom stereocenters. The summed E-state index contributed by atoms with van der Waals surface area (Å²) >= 11 is 0. The molecule has 1 heteroatoms. The second kappa shape index (κ2) is 5.24. The molecule has 0 fully saturated rings. The van der Waals surface area contributed by atoms with Gasteiger partial charge in [-0.15, -0.1) is 0 Å². The third-order valence-electron chi connectivity index (χ3n) is 5.09. The summed E-state index contributed by atoms with van der Waals surface area (Å²) in [5, 5.41) is 3.58. The van der Waals surface area contributed by atoms with Gasteiger partial charge in [-0.25, -0.2) is 0 Å². The fourth-order valence-corrected chi connectivity index (χ4v) is 4.00. The fourth-order valence-electron chi connectivity index (χ4n) is 4.00. The molecule has 4 rings (SSSR count). The summed E-state index contributed by atoms with van der Waals surface area (Å²) in [5.74, 6) is 0. The van der Waals surface area contributed by atoms with Crippen molar-refractivity contribution in [1.82, 2.24) is 0 Å². The molecule has 1 N–H and O–H groups in total. The fraction of sp³-hybridized carbons (Fsp3) is 0.217. The van der Waals surface area contributed by atoms with E-state index in [0.29, 0.717) is 0 Å². The zero-order valence-electron chi connectivity index (χ0n) is 14.8. The number of aryl methyl sites for hydroxylation is 2. The average Bonchev–Trinajstić information content (AvgIpc) is 2.75. The topological polar surface area (TPSA) is 12.0 Å². The van der Waals surface area contributed by atoms with E-state index in [4.69, 9.17) is 0 Å².